The van der Waals surface area contributed by atoms with Gasteiger partial charge in [0, 0.05) is 24.0 Å². The Bertz CT molecular complexity index is 447. The molecule has 1 saturated heterocycles. The van der Waals surface area contributed by atoms with Gasteiger partial charge in [0.15, 0.2) is 6.10 Å². The molecule has 1 atom stereocenters. The highest BCUT2D eigenvalue weighted by Gasteiger charge is 2.25. The molecule has 4 nitrogen and oxygen atoms in total. The van der Waals surface area contributed by atoms with Crippen LogP contribution in [0.3, 0.4) is 0 Å². The predicted molar refractivity (Wildman–Crippen MR) is 89.4 cm³/mol. The maximum atomic E-state index is 12.3. The third-order valence-corrected chi connectivity index (χ3v) is 4.31. The number of piperidine rings is 1. The molecule has 1 amide bonds. The molecule has 21 heavy (non-hydrogen) atoms. The van der Waals surface area contributed by atoms with Gasteiger partial charge in [-0.25, -0.2) is 0 Å². The molecule has 1 aliphatic rings. The fourth-order valence-electron chi connectivity index (χ4n) is 2.29. The second-order valence-corrected chi connectivity index (χ2v) is 5.98. The van der Waals surface area contributed by atoms with Gasteiger partial charge in [-0.2, -0.15) is 0 Å². The zero-order chi connectivity index (χ0) is 14.5. The van der Waals surface area contributed by atoms with E-state index >= 15 is 0 Å². The number of carbonyl (C=O) groups is 1. The van der Waals surface area contributed by atoms with Crippen molar-refractivity contribution in [2.75, 3.05) is 19.3 Å². The second kappa shape index (κ2) is 8.51. The lowest BCUT2D eigenvalue weighted by molar-refractivity contribution is -0.139. The predicted octanol–water partition coefficient (Wildman–Crippen LogP) is 2.55. The summed E-state index contributed by atoms with van der Waals surface area (Å²) >= 11 is 1.68. The van der Waals surface area contributed by atoms with Crippen molar-refractivity contribution in [3.63, 3.8) is 0 Å². The van der Waals surface area contributed by atoms with Crippen molar-refractivity contribution >= 4 is 30.1 Å². The van der Waals surface area contributed by atoms with E-state index in [-0.39, 0.29) is 24.4 Å². The van der Waals surface area contributed by atoms with Crippen LogP contribution in [0, 0.1) is 0 Å². The van der Waals surface area contributed by atoms with E-state index < -0.39 is 6.10 Å². The molecule has 2 rings (SSSR count). The van der Waals surface area contributed by atoms with Gasteiger partial charge in [-0.15, -0.1) is 24.2 Å². The van der Waals surface area contributed by atoms with Gasteiger partial charge in [0.05, 0.1) is 0 Å². The Morgan fingerprint density at radius 2 is 1.90 bits per heavy atom. The molecule has 2 N–H and O–H groups in total. The molecule has 0 bridgehead atoms. The lowest BCUT2D eigenvalue weighted by Crippen LogP contribution is -2.47. The lowest BCUT2D eigenvalue weighted by atomic mass is 10.1. The summed E-state index contributed by atoms with van der Waals surface area (Å²) in [5.41, 5.74) is 5.85. The summed E-state index contributed by atoms with van der Waals surface area (Å²) in [5.74, 6) is 0.781. The molecule has 0 radical (unpaired) electrons. The number of amides is 1. The van der Waals surface area contributed by atoms with Crippen molar-refractivity contribution in [2.24, 2.45) is 5.73 Å². The smallest absolute Gasteiger partial charge is 0.263 e. The first-order chi connectivity index (χ1) is 9.60. The molecule has 0 spiro atoms. The molecular weight excluding hydrogens is 308 g/mol. The average Bonchev–Trinajstić information content (AvgIpc) is 2.48. The number of thioether (sulfide) groups is 1. The van der Waals surface area contributed by atoms with Crippen LogP contribution in [-0.4, -0.2) is 42.3 Å². The Morgan fingerprint density at radius 1 is 1.33 bits per heavy atom. The number of likely N-dealkylation sites (tertiary alicyclic amines) is 1. The number of hydrogen-bond acceptors (Lipinski definition) is 4. The van der Waals surface area contributed by atoms with E-state index in [4.69, 9.17) is 10.5 Å². The van der Waals surface area contributed by atoms with Gasteiger partial charge in [-0.3, -0.25) is 4.79 Å². The van der Waals surface area contributed by atoms with Crippen LogP contribution in [-0.2, 0) is 4.79 Å². The standard InChI is InChI=1S/C15H22N2O2S.ClH/c1-11(15(18)17-9-7-12(16)8-10-17)19-13-3-5-14(20-2)6-4-13;/h3-6,11-12H,7-10,16H2,1-2H3;1H. The van der Waals surface area contributed by atoms with E-state index in [2.05, 4.69) is 0 Å². The number of benzene rings is 1. The fraction of sp³-hybridized carbons (Fsp3) is 0.533. The van der Waals surface area contributed by atoms with Gasteiger partial charge < -0.3 is 15.4 Å². The van der Waals surface area contributed by atoms with Gasteiger partial charge >= 0.3 is 0 Å². The third kappa shape index (κ3) is 5.09. The zero-order valence-corrected chi connectivity index (χ0v) is 14.1. The first kappa shape index (κ1) is 18.1. The van der Waals surface area contributed by atoms with E-state index in [1.165, 1.54) is 4.90 Å². The van der Waals surface area contributed by atoms with Gasteiger partial charge in [0.25, 0.3) is 5.91 Å². The summed E-state index contributed by atoms with van der Waals surface area (Å²) in [6.07, 6.45) is 3.33. The summed E-state index contributed by atoms with van der Waals surface area (Å²) in [5, 5.41) is 0. The minimum Gasteiger partial charge on any atom is -0.481 e. The largest absolute Gasteiger partial charge is 0.481 e. The van der Waals surface area contributed by atoms with Gasteiger partial charge in [-0.05, 0) is 50.3 Å². The molecular formula is C15H23ClN2O2S. The molecule has 1 aliphatic heterocycles. The van der Waals surface area contributed by atoms with Gasteiger partial charge in [0.2, 0.25) is 0 Å². The number of carbonyl (C=O) groups excluding carboxylic acids is 1. The summed E-state index contributed by atoms with van der Waals surface area (Å²) in [6.45, 7) is 3.28. The molecule has 1 aromatic carbocycles. The molecule has 1 heterocycles. The number of hydrogen-bond donors (Lipinski definition) is 1. The first-order valence-corrected chi connectivity index (χ1v) is 8.17. The Labute approximate surface area is 136 Å². The fourth-order valence-corrected chi connectivity index (χ4v) is 2.69. The molecule has 0 aromatic heterocycles. The summed E-state index contributed by atoms with van der Waals surface area (Å²) in [4.78, 5) is 15.3. The number of ether oxygens (including phenoxy) is 1. The normalized spacial score (nSPS) is 17.0. The number of rotatable bonds is 4. The van der Waals surface area contributed by atoms with Gasteiger partial charge in [0.1, 0.15) is 5.75 Å². The number of nitrogens with zero attached hydrogens (tertiary/aromatic N) is 1. The monoisotopic (exact) mass is 330 g/mol. The van der Waals surface area contributed by atoms with E-state index in [0.717, 1.165) is 31.7 Å². The van der Waals surface area contributed by atoms with Crippen LogP contribution in [0.15, 0.2) is 29.2 Å². The minimum absolute atomic E-state index is 0. The highest BCUT2D eigenvalue weighted by molar-refractivity contribution is 7.98. The number of halogens is 1. The van der Waals surface area contributed by atoms with Crippen LogP contribution in [0.2, 0.25) is 0 Å². The SMILES string of the molecule is CSc1ccc(OC(C)C(=O)N2CCC(N)CC2)cc1.Cl. The Hall–Kier alpha value is -0.910. The maximum absolute atomic E-state index is 12.3. The second-order valence-electron chi connectivity index (χ2n) is 5.10. The molecule has 118 valence electrons. The zero-order valence-electron chi connectivity index (χ0n) is 12.5. The average molecular weight is 331 g/mol. The van der Waals surface area contributed by atoms with Crippen LogP contribution in [0.4, 0.5) is 0 Å². The Morgan fingerprint density at radius 3 is 2.43 bits per heavy atom. The van der Waals surface area contributed by atoms with Crippen molar-refractivity contribution in [1.29, 1.82) is 0 Å². The summed E-state index contributed by atoms with van der Waals surface area (Å²) in [6, 6.07) is 8.03. The van der Waals surface area contributed by atoms with Crippen LogP contribution in [0.5, 0.6) is 5.75 Å². The van der Waals surface area contributed by atoms with Crippen LogP contribution < -0.4 is 10.5 Å². The van der Waals surface area contributed by atoms with Crippen LogP contribution in [0.1, 0.15) is 19.8 Å². The van der Waals surface area contributed by atoms with Crippen molar-refractivity contribution in [3.05, 3.63) is 24.3 Å². The first-order valence-electron chi connectivity index (χ1n) is 6.95. The van der Waals surface area contributed by atoms with Crippen molar-refractivity contribution < 1.29 is 9.53 Å². The van der Waals surface area contributed by atoms with Gasteiger partial charge in [-0.1, -0.05) is 0 Å². The molecule has 1 aromatic rings. The molecule has 0 aliphatic carbocycles. The molecule has 0 saturated carbocycles. The topological polar surface area (TPSA) is 55.6 Å². The molecule has 1 unspecified atom stereocenters. The highest BCUT2D eigenvalue weighted by atomic mass is 35.5. The summed E-state index contributed by atoms with van der Waals surface area (Å²) < 4.78 is 5.72. The van der Waals surface area contributed by atoms with Crippen molar-refractivity contribution in [1.82, 2.24) is 4.90 Å². The molecule has 6 heteroatoms. The highest BCUT2D eigenvalue weighted by Crippen LogP contribution is 2.20. The maximum Gasteiger partial charge on any atom is 0.263 e. The Balaban J connectivity index is 0.00000220. The van der Waals surface area contributed by atoms with Crippen LogP contribution in [0.25, 0.3) is 0 Å². The quantitative estimate of drug-likeness (QED) is 0.862. The van der Waals surface area contributed by atoms with Crippen molar-refractivity contribution in [3.8, 4) is 5.75 Å². The van der Waals surface area contributed by atoms with Crippen LogP contribution >= 0.6 is 24.2 Å². The van der Waals surface area contributed by atoms with Crippen molar-refractivity contribution in [2.45, 2.75) is 36.8 Å². The molecule has 1 fully saturated rings. The van der Waals surface area contributed by atoms with E-state index in [1.54, 1.807) is 18.7 Å². The lowest BCUT2D eigenvalue weighted by Gasteiger charge is -2.32. The minimum atomic E-state index is -0.454. The number of nitrogens with two attached hydrogens (primary N) is 1. The Kier molecular flexibility index (Phi) is 7.35. The third-order valence-electron chi connectivity index (χ3n) is 3.57. The summed E-state index contributed by atoms with van der Waals surface area (Å²) in [7, 11) is 0. The van der Waals surface area contributed by atoms with E-state index in [1.807, 2.05) is 35.4 Å². The van der Waals surface area contributed by atoms with E-state index in [9.17, 15) is 4.79 Å². The van der Waals surface area contributed by atoms with E-state index in [0.29, 0.717) is 0 Å².